The molecule has 0 atom stereocenters. The minimum absolute atomic E-state index is 0.306. The molecule has 0 heterocycles. The predicted octanol–water partition coefficient (Wildman–Crippen LogP) is 2.34. The second-order valence-corrected chi connectivity index (χ2v) is 5.39. The van der Waals surface area contributed by atoms with E-state index in [0.717, 1.165) is 0 Å². The standard InChI is InChI=1S/C13H23NO5/c1-7-17-10(15)8-9-13(5,6)19-14-11(16)18-12(2,3)4/h8-9H,7H2,1-6H3,(H,14,16)/b9-8+. The van der Waals surface area contributed by atoms with Crippen molar-refractivity contribution in [3.8, 4) is 0 Å². The van der Waals surface area contributed by atoms with Gasteiger partial charge < -0.3 is 9.47 Å². The van der Waals surface area contributed by atoms with Crippen molar-refractivity contribution < 1.29 is 23.9 Å². The van der Waals surface area contributed by atoms with Crippen LogP contribution in [0, 0.1) is 0 Å². The summed E-state index contributed by atoms with van der Waals surface area (Å²) in [5.74, 6) is -0.462. The lowest BCUT2D eigenvalue weighted by Gasteiger charge is -2.23. The fourth-order valence-electron chi connectivity index (χ4n) is 0.965. The Morgan fingerprint density at radius 3 is 2.21 bits per heavy atom. The summed E-state index contributed by atoms with van der Waals surface area (Å²) in [4.78, 5) is 27.7. The third-order valence-electron chi connectivity index (χ3n) is 1.70. The van der Waals surface area contributed by atoms with E-state index in [1.807, 2.05) is 0 Å². The Morgan fingerprint density at radius 2 is 1.74 bits per heavy atom. The van der Waals surface area contributed by atoms with Crippen molar-refractivity contribution in [2.24, 2.45) is 0 Å². The van der Waals surface area contributed by atoms with E-state index < -0.39 is 23.3 Å². The first-order chi connectivity index (χ1) is 8.56. The number of hydroxylamine groups is 1. The molecule has 1 N–H and O–H groups in total. The van der Waals surface area contributed by atoms with Crippen LogP contribution < -0.4 is 5.48 Å². The third-order valence-corrected chi connectivity index (χ3v) is 1.70. The number of hydrogen-bond acceptors (Lipinski definition) is 5. The Labute approximate surface area is 114 Å². The van der Waals surface area contributed by atoms with E-state index in [-0.39, 0.29) is 0 Å². The highest BCUT2D eigenvalue weighted by Crippen LogP contribution is 2.11. The van der Waals surface area contributed by atoms with Gasteiger partial charge in [-0.1, -0.05) is 0 Å². The average Bonchev–Trinajstić information content (AvgIpc) is 2.22. The Morgan fingerprint density at radius 1 is 1.16 bits per heavy atom. The number of esters is 1. The molecule has 0 aromatic heterocycles. The fourth-order valence-corrected chi connectivity index (χ4v) is 0.965. The minimum Gasteiger partial charge on any atom is -0.463 e. The van der Waals surface area contributed by atoms with Crippen LogP contribution in [0.15, 0.2) is 12.2 Å². The first-order valence-corrected chi connectivity index (χ1v) is 6.09. The zero-order valence-corrected chi connectivity index (χ0v) is 12.4. The summed E-state index contributed by atoms with van der Waals surface area (Å²) in [5.41, 5.74) is 0.714. The molecule has 0 aliphatic heterocycles. The molecule has 6 nitrogen and oxygen atoms in total. The summed E-state index contributed by atoms with van der Waals surface area (Å²) in [7, 11) is 0. The molecule has 0 radical (unpaired) electrons. The van der Waals surface area contributed by atoms with Crippen molar-refractivity contribution in [2.75, 3.05) is 6.61 Å². The molecule has 110 valence electrons. The van der Waals surface area contributed by atoms with Gasteiger partial charge in [0.1, 0.15) is 11.2 Å². The van der Waals surface area contributed by atoms with Crippen LogP contribution >= 0.6 is 0 Å². The van der Waals surface area contributed by atoms with Crippen molar-refractivity contribution in [3.63, 3.8) is 0 Å². The highest BCUT2D eigenvalue weighted by atomic mass is 16.7. The molecule has 0 rings (SSSR count). The SMILES string of the molecule is CCOC(=O)/C=C/C(C)(C)ONC(=O)OC(C)(C)C. The van der Waals surface area contributed by atoms with Crippen LogP contribution in [0.1, 0.15) is 41.5 Å². The molecule has 0 spiro atoms. The number of hydrogen-bond donors (Lipinski definition) is 1. The smallest absolute Gasteiger partial charge is 0.431 e. The van der Waals surface area contributed by atoms with Crippen LogP contribution in [0.2, 0.25) is 0 Å². The van der Waals surface area contributed by atoms with E-state index >= 15 is 0 Å². The molecule has 0 saturated carbocycles. The van der Waals surface area contributed by atoms with Gasteiger partial charge in [0.2, 0.25) is 0 Å². The number of carbonyl (C=O) groups excluding carboxylic acids is 2. The Balaban J connectivity index is 4.23. The maximum atomic E-state index is 11.4. The zero-order valence-electron chi connectivity index (χ0n) is 12.4. The normalized spacial score (nSPS) is 12.3. The van der Waals surface area contributed by atoms with Crippen molar-refractivity contribution in [2.45, 2.75) is 52.7 Å². The van der Waals surface area contributed by atoms with Crippen LogP contribution in [0.4, 0.5) is 4.79 Å². The van der Waals surface area contributed by atoms with Crippen LogP contribution in [-0.4, -0.2) is 29.9 Å². The van der Waals surface area contributed by atoms with E-state index in [9.17, 15) is 9.59 Å². The monoisotopic (exact) mass is 273 g/mol. The molecule has 19 heavy (non-hydrogen) atoms. The van der Waals surface area contributed by atoms with Gasteiger partial charge in [0.15, 0.2) is 0 Å². The molecule has 0 aliphatic rings. The van der Waals surface area contributed by atoms with Gasteiger partial charge in [0.25, 0.3) is 0 Å². The van der Waals surface area contributed by atoms with E-state index in [2.05, 4.69) is 5.48 Å². The molecule has 0 fully saturated rings. The maximum absolute atomic E-state index is 11.4. The first kappa shape index (κ1) is 17.4. The fraction of sp³-hybridized carbons (Fsp3) is 0.692. The quantitative estimate of drug-likeness (QED) is 0.473. The van der Waals surface area contributed by atoms with Gasteiger partial charge in [0.05, 0.1) is 6.61 Å². The van der Waals surface area contributed by atoms with E-state index in [4.69, 9.17) is 14.3 Å². The molecule has 0 aromatic carbocycles. The molecule has 0 bridgehead atoms. The molecule has 0 unspecified atom stereocenters. The van der Waals surface area contributed by atoms with Gasteiger partial charge in [-0.3, -0.25) is 4.84 Å². The number of ether oxygens (including phenoxy) is 2. The molecule has 1 amide bonds. The van der Waals surface area contributed by atoms with Crippen molar-refractivity contribution >= 4 is 12.1 Å². The van der Waals surface area contributed by atoms with Crippen LogP contribution in [0.5, 0.6) is 0 Å². The topological polar surface area (TPSA) is 73.9 Å². The van der Waals surface area contributed by atoms with Gasteiger partial charge in [-0.2, -0.15) is 5.48 Å². The van der Waals surface area contributed by atoms with Gasteiger partial charge in [-0.05, 0) is 47.6 Å². The average molecular weight is 273 g/mol. The lowest BCUT2D eigenvalue weighted by atomic mass is 10.1. The van der Waals surface area contributed by atoms with Gasteiger partial charge in [0, 0.05) is 6.08 Å². The molecular weight excluding hydrogens is 250 g/mol. The molecule has 0 saturated heterocycles. The summed E-state index contributed by atoms with van der Waals surface area (Å²) in [6, 6.07) is 0. The lowest BCUT2D eigenvalue weighted by Crippen LogP contribution is -2.38. The van der Waals surface area contributed by atoms with Gasteiger partial charge in [-0.25, -0.2) is 9.59 Å². The first-order valence-electron chi connectivity index (χ1n) is 6.09. The van der Waals surface area contributed by atoms with Crippen molar-refractivity contribution in [1.29, 1.82) is 0 Å². The third kappa shape index (κ3) is 10.1. The summed E-state index contributed by atoms with van der Waals surface area (Å²) >= 11 is 0. The molecule has 0 aliphatic carbocycles. The summed E-state index contributed by atoms with van der Waals surface area (Å²) < 4.78 is 9.74. The molecule has 6 heteroatoms. The second-order valence-electron chi connectivity index (χ2n) is 5.39. The second kappa shape index (κ2) is 7.13. The van der Waals surface area contributed by atoms with Gasteiger partial charge in [-0.15, -0.1) is 0 Å². The largest absolute Gasteiger partial charge is 0.463 e. The molecular formula is C13H23NO5. The van der Waals surface area contributed by atoms with Gasteiger partial charge >= 0.3 is 12.1 Å². The van der Waals surface area contributed by atoms with E-state index in [1.165, 1.54) is 12.2 Å². The Kier molecular flexibility index (Phi) is 6.55. The highest BCUT2D eigenvalue weighted by Gasteiger charge is 2.20. The van der Waals surface area contributed by atoms with Crippen LogP contribution in [-0.2, 0) is 19.1 Å². The highest BCUT2D eigenvalue weighted by molar-refractivity contribution is 5.82. The summed E-state index contributed by atoms with van der Waals surface area (Å²) in [5, 5.41) is 0. The Hall–Kier alpha value is -1.56. The minimum atomic E-state index is -0.857. The summed E-state index contributed by atoms with van der Waals surface area (Å²) in [6.45, 7) is 10.6. The zero-order chi connectivity index (χ0) is 15.1. The maximum Gasteiger partial charge on any atom is 0.431 e. The number of amides is 1. The van der Waals surface area contributed by atoms with Crippen LogP contribution in [0.25, 0.3) is 0 Å². The lowest BCUT2D eigenvalue weighted by molar-refractivity contribution is -0.137. The van der Waals surface area contributed by atoms with E-state index in [0.29, 0.717) is 6.61 Å². The number of rotatable bonds is 5. The van der Waals surface area contributed by atoms with Crippen molar-refractivity contribution in [3.05, 3.63) is 12.2 Å². The van der Waals surface area contributed by atoms with Crippen molar-refractivity contribution in [1.82, 2.24) is 5.48 Å². The predicted molar refractivity (Wildman–Crippen MR) is 70.3 cm³/mol. The number of nitrogens with one attached hydrogen (secondary N) is 1. The number of carbonyl (C=O) groups is 2. The van der Waals surface area contributed by atoms with E-state index in [1.54, 1.807) is 41.5 Å². The summed E-state index contributed by atoms with van der Waals surface area (Å²) in [6.07, 6.45) is 2.05. The molecule has 0 aromatic rings. The van der Waals surface area contributed by atoms with Crippen LogP contribution in [0.3, 0.4) is 0 Å². The Bertz CT molecular complexity index is 341.